The van der Waals surface area contributed by atoms with E-state index >= 15 is 0 Å². The van der Waals surface area contributed by atoms with Gasteiger partial charge in [0.2, 0.25) is 11.6 Å². The van der Waals surface area contributed by atoms with Gasteiger partial charge in [-0.25, -0.2) is 33.7 Å². The summed E-state index contributed by atoms with van der Waals surface area (Å²) >= 11 is 0. The molecule has 0 amide bonds. The molecule has 4 aromatic carbocycles. The molecule has 22 nitrogen and oxygen atoms in total. The molecule has 0 fully saturated rings. The van der Waals surface area contributed by atoms with Crippen LogP contribution < -0.4 is 150 Å². The molecule has 0 atom stereocenters. The number of Topliss-reactive ketones (excluding diaryl/α,β-unsaturated/α-hetero) is 2. The van der Waals surface area contributed by atoms with Gasteiger partial charge in [0, 0.05) is 11.4 Å². The van der Waals surface area contributed by atoms with Crippen LogP contribution >= 0.6 is 0 Å². The maximum Gasteiger partial charge on any atom is 1.00 e. The summed E-state index contributed by atoms with van der Waals surface area (Å²) in [7, 11) is -18.5. The zero-order valence-corrected chi connectivity index (χ0v) is 45.4. The monoisotopic (exact) mass is 992 g/mol. The van der Waals surface area contributed by atoms with E-state index in [0.717, 1.165) is 0 Å². The van der Waals surface area contributed by atoms with Gasteiger partial charge < -0.3 is 39.2 Å². The quantitative estimate of drug-likeness (QED) is 0.0469. The van der Waals surface area contributed by atoms with Crippen molar-refractivity contribution in [2.45, 2.75) is 9.79 Å². The van der Waals surface area contributed by atoms with Crippen molar-refractivity contribution in [3.8, 4) is 22.6 Å². The molecule has 0 unspecified atom stereocenters. The van der Waals surface area contributed by atoms with Gasteiger partial charge in [-0.15, -0.1) is 0 Å². The summed E-state index contributed by atoms with van der Waals surface area (Å²) in [5.41, 5.74) is 13.1. The standard InChI is InChI=1S/C34H28N6O16S4.4Na/c1-55-25-9-15(3-5-23(25)37-39-31-27(59(49,50)51)11-17-7-19(57(43,44)45)13-21(35)29(17)33(31)41)16-4-6-24(26(10-16)56-2)38-40-32-28(60(52,53)54)12-18-8-20(58(46,47)48)14-22(36)30(18)34(32)42;;;;/h3-14,37-38H,35-36H2,1-2H3,(H,43,44,45)(H,46,47,48)(H,49,50,51)(H,52,53,54);;;;/q;4*+1/p-4/b39-31-,40-32+;;;;. The second-order valence-electron chi connectivity index (χ2n) is 12.4. The second kappa shape index (κ2) is 21.6. The van der Waals surface area contributed by atoms with Crippen LogP contribution in [-0.4, -0.2) is 89.1 Å². The van der Waals surface area contributed by atoms with Crippen molar-refractivity contribution in [1.29, 1.82) is 0 Å². The summed E-state index contributed by atoms with van der Waals surface area (Å²) in [6.45, 7) is 0. The number of nitrogens with two attached hydrogens (primary N) is 2. The van der Waals surface area contributed by atoms with E-state index in [0.29, 0.717) is 47.5 Å². The molecule has 0 saturated carbocycles. The molecule has 314 valence electrons. The Morgan fingerprint density at radius 3 is 1.12 bits per heavy atom. The number of hydrazone groups is 2. The van der Waals surface area contributed by atoms with Crippen molar-refractivity contribution in [3.05, 3.63) is 92.7 Å². The number of benzene rings is 4. The van der Waals surface area contributed by atoms with Crippen LogP contribution in [0.2, 0.25) is 0 Å². The van der Waals surface area contributed by atoms with Gasteiger partial charge in [0.15, 0.2) is 0 Å². The van der Waals surface area contributed by atoms with E-state index in [4.69, 9.17) is 20.9 Å². The molecule has 0 bridgehead atoms. The third kappa shape index (κ3) is 12.1. The first kappa shape index (κ1) is 57.6. The minimum atomic E-state index is -5.43. The normalized spacial score (nSPS) is 14.8. The molecule has 2 aliphatic carbocycles. The van der Waals surface area contributed by atoms with E-state index in [1.807, 2.05) is 0 Å². The molecule has 6 rings (SSSR count). The van der Waals surface area contributed by atoms with Crippen molar-refractivity contribution in [2.75, 3.05) is 36.5 Å². The Morgan fingerprint density at radius 2 is 0.844 bits per heavy atom. The first-order valence-corrected chi connectivity index (χ1v) is 21.7. The SMILES string of the molecule is COc1cc(-c2ccc(N/N=C3\C(=O)c4c(N)cc(S(=O)(=O)[O-])cc4C=C3S(=O)(=O)[O-])c(OC)c2)ccc1N/N=C1/C(=O)c2c(N)cc(S(=O)(=O)[O-])cc2C=C1S(=O)(=O)[O-].[Na+].[Na+].[Na+].[Na+]. The number of nitrogens with one attached hydrogen (secondary N) is 2. The number of nitrogens with zero attached hydrogens (tertiary/aromatic N) is 2. The van der Waals surface area contributed by atoms with E-state index in [9.17, 15) is 61.5 Å². The average Bonchev–Trinajstić information content (AvgIpc) is 3.14. The summed E-state index contributed by atoms with van der Waals surface area (Å²) in [5, 5.41) is 7.69. The maximum atomic E-state index is 13.4. The second-order valence-corrected chi connectivity index (χ2v) is 17.9. The van der Waals surface area contributed by atoms with Gasteiger partial charge >= 0.3 is 118 Å². The molecule has 2 aliphatic rings. The minimum absolute atomic E-state index is 0. The predicted molar refractivity (Wildman–Crippen MR) is 209 cm³/mol. The van der Waals surface area contributed by atoms with Crippen LogP contribution in [0.3, 0.4) is 0 Å². The molecule has 0 aromatic heterocycles. The van der Waals surface area contributed by atoms with Crippen LogP contribution in [-0.2, 0) is 40.5 Å². The summed E-state index contributed by atoms with van der Waals surface area (Å²) in [4.78, 5) is 22.8. The molecular weight excluding hydrogens is 969 g/mol. The topological polar surface area (TPSA) is 382 Å². The van der Waals surface area contributed by atoms with Crippen LogP contribution in [0.15, 0.2) is 90.5 Å². The number of hydrogen-bond donors (Lipinski definition) is 4. The number of hydrogen-bond acceptors (Lipinski definition) is 22. The van der Waals surface area contributed by atoms with Gasteiger partial charge in [0.1, 0.15) is 63.4 Å². The number of ether oxygens (including phenoxy) is 2. The first-order valence-electron chi connectivity index (χ1n) is 16.1. The zero-order chi connectivity index (χ0) is 44.3. The van der Waals surface area contributed by atoms with Crippen molar-refractivity contribution in [2.24, 2.45) is 10.2 Å². The Kier molecular flexibility index (Phi) is 19.5. The summed E-state index contributed by atoms with van der Waals surface area (Å²) in [6.07, 6.45) is 1.32. The zero-order valence-electron chi connectivity index (χ0n) is 34.1. The van der Waals surface area contributed by atoms with E-state index < -0.39 is 117 Å². The van der Waals surface area contributed by atoms with Crippen LogP contribution in [0.5, 0.6) is 11.5 Å². The number of methoxy groups -OCH3 is 2. The Morgan fingerprint density at radius 1 is 0.516 bits per heavy atom. The third-order valence-corrected chi connectivity index (χ3v) is 12.0. The molecular formula is C34H24N6Na4O16S4. The number of anilines is 4. The summed E-state index contributed by atoms with van der Waals surface area (Å²) in [5.74, 6) is -2.25. The molecule has 6 N–H and O–H groups in total. The van der Waals surface area contributed by atoms with Gasteiger partial charge in [0.25, 0.3) is 0 Å². The summed E-state index contributed by atoms with van der Waals surface area (Å²) in [6, 6.07) is 11.5. The molecule has 64 heavy (non-hydrogen) atoms. The van der Waals surface area contributed by atoms with E-state index in [1.165, 1.54) is 50.6 Å². The van der Waals surface area contributed by atoms with E-state index in [1.54, 1.807) is 0 Å². The van der Waals surface area contributed by atoms with Crippen LogP contribution in [0.4, 0.5) is 22.7 Å². The van der Waals surface area contributed by atoms with Gasteiger partial charge in [-0.2, -0.15) is 10.2 Å². The Balaban J connectivity index is 0.00000352. The number of ketones is 2. The van der Waals surface area contributed by atoms with Gasteiger partial charge in [-0.3, -0.25) is 20.4 Å². The number of carbonyl (C=O) groups is 2. The van der Waals surface area contributed by atoms with Crippen LogP contribution in [0.25, 0.3) is 23.3 Å². The largest absolute Gasteiger partial charge is 1.00 e. The smallest absolute Gasteiger partial charge is 0.744 e. The Labute approximate surface area is 453 Å². The van der Waals surface area contributed by atoms with Crippen molar-refractivity contribution < 1.29 is 189 Å². The number of carbonyl (C=O) groups excluding carboxylic acids is 2. The number of nitrogen functional groups attached to an aromatic ring is 2. The molecule has 0 heterocycles. The van der Waals surface area contributed by atoms with E-state index in [2.05, 4.69) is 21.1 Å². The maximum absolute atomic E-state index is 13.4. The molecule has 30 heteroatoms. The van der Waals surface area contributed by atoms with Crippen molar-refractivity contribution >= 4 is 98.4 Å². The average molecular weight is 993 g/mol. The van der Waals surface area contributed by atoms with Gasteiger partial charge in [-0.05, 0) is 82.9 Å². The van der Waals surface area contributed by atoms with Crippen molar-refractivity contribution in [3.63, 3.8) is 0 Å². The minimum Gasteiger partial charge on any atom is -0.744 e. The Hall–Kier alpha value is -2.52. The fourth-order valence-corrected chi connectivity index (χ4v) is 8.37. The van der Waals surface area contributed by atoms with E-state index in [-0.39, 0.29) is 141 Å². The first-order chi connectivity index (χ1) is 27.8. The van der Waals surface area contributed by atoms with Crippen LogP contribution in [0, 0.1) is 0 Å². The molecule has 0 radical (unpaired) electrons. The fourth-order valence-electron chi connectivity index (χ4n) is 5.99. The van der Waals surface area contributed by atoms with Gasteiger partial charge in [0.05, 0.1) is 56.3 Å². The number of fused-ring (bicyclic) bond motifs is 2. The van der Waals surface area contributed by atoms with Gasteiger partial charge in [-0.1, -0.05) is 12.1 Å². The summed E-state index contributed by atoms with van der Waals surface area (Å²) < 4.78 is 153. The third-order valence-electron chi connectivity index (χ3n) is 8.70. The molecule has 0 saturated heterocycles. The van der Waals surface area contributed by atoms with Crippen LogP contribution in [0.1, 0.15) is 31.8 Å². The van der Waals surface area contributed by atoms with Crippen molar-refractivity contribution in [1.82, 2.24) is 0 Å². The molecule has 4 aromatic rings. The molecule has 0 aliphatic heterocycles. The Bertz CT molecular complexity index is 2990. The molecule has 0 spiro atoms. The fraction of sp³-hybridized carbons (Fsp3) is 0.0588. The number of rotatable bonds is 11. The number of allylic oxidation sites excluding steroid dienone is 2. The predicted octanol–water partition coefficient (Wildman–Crippen LogP) is -10.5.